The summed E-state index contributed by atoms with van der Waals surface area (Å²) in [6.07, 6.45) is 2.08. The highest BCUT2D eigenvalue weighted by atomic mass is 15.0. The molecular formula is C12H31N5. The summed E-state index contributed by atoms with van der Waals surface area (Å²) in [5.74, 6) is 0. The molecule has 2 unspecified atom stereocenters. The topological polar surface area (TPSA) is 88.1 Å². The number of nitrogens with two attached hydrogens (primary N) is 2. The van der Waals surface area contributed by atoms with Crippen molar-refractivity contribution in [1.29, 1.82) is 0 Å². The van der Waals surface area contributed by atoms with E-state index in [-0.39, 0.29) is 0 Å². The van der Waals surface area contributed by atoms with Gasteiger partial charge in [0.05, 0.1) is 0 Å². The fourth-order valence-electron chi connectivity index (χ4n) is 1.39. The molecular weight excluding hydrogens is 214 g/mol. The minimum Gasteiger partial charge on any atom is -0.328 e. The SMILES string of the molecule is CC(N)CCNCCNCCNCCC(C)N. The number of rotatable bonds is 12. The van der Waals surface area contributed by atoms with Crippen LogP contribution in [0.15, 0.2) is 0 Å². The van der Waals surface area contributed by atoms with E-state index in [9.17, 15) is 0 Å². The smallest absolute Gasteiger partial charge is 0.00772 e. The lowest BCUT2D eigenvalue weighted by Gasteiger charge is -2.09. The fourth-order valence-corrected chi connectivity index (χ4v) is 1.39. The third-order valence-corrected chi connectivity index (χ3v) is 2.51. The van der Waals surface area contributed by atoms with Gasteiger partial charge in [0.15, 0.2) is 0 Å². The van der Waals surface area contributed by atoms with Gasteiger partial charge in [-0.05, 0) is 39.8 Å². The van der Waals surface area contributed by atoms with Crippen molar-refractivity contribution < 1.29 is 0 Å². The predicted molar refractivity (Wildman–Crippen MR) is 75.1 cm³/mol. The maximum Gasteiger partial charge on any atom is 0.00772 e. The Hall–Kier alpha value is -0.200. The Morgan fingerprint density at radius 2 is 0.941 bits per heavy atom. The molecule has 0 bridgehead atoms. The Labute approximate surface area is 106 Å². The van der Waals surface area contributed by atoms with Gasteiger partial charge in [-0.2, -0.15) is 0 Å². The zero-order valence-electron chi connectivity index (χ0n) is 11.5. The summed E-state index contributed by atoms with van der Waals surface area (Å²) in [4.78, 5) is 0. The molecule has 0 radical (unpaired) electrons. The fraction of sp³-hybridized carbons (Fsp3) is 1.00. The van der Waals surface area contributed by atoms with Gasteiger partial charge in [-0.1, -0.05) is 0 Å². The molecule has 104 valence electrons. The van der Waals surface area contributed by atoms with Crippen LogP contribution in [-0.2, 0) is 0 Å². The van der Waals surface area contributed by atoms with Crippen molar-refractivity contribution in [3.05, 3.63) is 0 Å². The van der Waals surface area contributed by atoms with E-state index in [0.29, 0.717) is 12.1 Å². The van der Waals surface area contributed by atoms with Crippen LogP contribution >= 0.6 is 0 Å². The third-order valence-electron chi connectivity index (χ3n) is 2.51. The van der Waals surface area contributed by atoms with Crippen LogP contribution in [0.1, 0.15) is 26.7 Å². The molecule has 0 aliphatic rings. The molecule has 0 fully saturated rings. The van der Waals surface area contributed by atoms with Crippen molar-refractivity contribution >= 4 is 0 Å². The van der Waals surface area contributed by atoms with Crippen molar-refractivity contribution in [2.45, 2.75) is 38.8 Å². The maximum absolute atomic E-state index is 5.65. The summed E-state index contributed by atoms with van der Waals surface area (Å²) >= 11 is 0. The first kappa shape index (κ1) is 16.8. The minimum absolute atomic E-state index is 0.296. The Morgan fingerprint density at radius 3 is 1.24 bits per heavy atom. The third kappa shape index (κ3) is 15.8. The van der Waals surface area contributed by atoms with Crippen LogP contribution in [0.2, 0.25) is 0 Å². The predicted octanol–water partition coefficient (Wildman–Crippen LogP) is -0.770. The Morgan fingerprint density at radius 1 is 0.647 bits per heavy atom. The Bertz CT molecular complexity index is 134. The van der Waals surface area contributed by atoms with Crippen LogP contribution in [0, 0.1) is 0 Å². The molecule has 0 amide bonds. The molecule has 5 heteroatoms. The van der Waals surface area contributed by atoms with Crippen LogP contribution in [0.25, 0.3) is 0 Å². The monoisotopic (exact) mass is 245 g/mol. The first-order chi connectivity index (χ1) is 8.13. The molecule has 0 aromatic rings. The standard InChI is InChI=1S/C12H31N5/c1-11(13)3-5-15-7-9-17-10-8-16-6-4-12(2)14/h11-12,15-17H,3-10,13-14H2,1-2H3. The molecule has 0 saturated heterocycles. The molecule has 0 spiro atoms. The van der Waals surface area contributed by atoms with E-state index in [1.165, 1.54) is 0 Å². The molecule has 0 aliphatic carbocycles. The van der Waals surface area contributed by atoms with Gasteiger partial charge in [0, 0.05) is 38.3 Å². The average Bonchev–Trinajstić information content (AvgIpc) is 2.25. The van der Waals surface area contributed by atoms with E-state index in [1.54, 1.807) is 0 Å². The second kappa shape index (κ2) is 12.3. The van der Waals surface area contributed by atoms with Gasteiger partial charge in [-0.3, -0.25) is 0 Å². The zero-order chi connectivity index (χ0) is 12.9. The van der Waals surface area contributed by atoms with Crippen LogP contribution in [0.3, 0.4) is 0 Å². The maximum atomic E-state index is 5.65. The van der Waals surface area contributed by atoms with Crippen molar-refractivity contribution in [2.24, 2.45) is 11.5 Å². The van der Waals surface area contributed by atoms with Crippen LogP contribution in [0.4, 0.5) is 0 Å². The normalized spacial score (nSPS) is 14.8. The van der Waals surface area contributed by atoms with Crippen LogP contribution in [-0.4, -0.2) is 51.4 Å². The summed E-state index contributed by atoms with van der Waals surface area (Å²) in [6.45, 7) is 10.1. The molecule has 5 nitrogen and oxygen atoms in total. The first-order valence-corrected chi connectivity index (χ1v) is 6.76. The van der Waals surface area contributed by atoms with Gasteiger partial charge in [0.2, 0.25) is 0 Å². The molecule has 0 heterocycles. The van der Waals surface area contributed by atoms with Crippen molar-refractivity contribution in [3.63, 3.8) is 0 Å². The number of nitrogens with one attached hydrogen (secondary N) is 3. The van der Waals surface area contributed by atoms with Gasteiger partial charge >= 0.3 is 0 Å². The zero-order valence-corrected chi connectivity index (χ0v) is 11.5. The molecule has 17 heavy (non-hydrogen) atoms. The summed E-state index contributed by atoms with van der Waals surface area (Å²) < 4.78 is 0. The van der Waals surface area contributed by atoms with Gasteiger partial charge < -0.3 is 27.4 Å². The lowest BCUT2D eigenvalue weighted by atomic mass is 10.2. The first-order valence-electron chi connectivity index (χ1n) is 6.76. The quantitative estimate of drug-likeness (QED) is 0.291. The summed E-state index contributed by atoms with van der Waals surface area (Å²) in [5, 5.41) is 10.1. The van der Waals surface area contributed by atoms with Crippen LogP contribution in [0.5, 0.6) is 0 Å². The Balaban J connectivity index is 2.94. The molecule has 0 aliphatic heterocycles. The number of hydrogen-bond donors (Lipinski definition) is 5. The lowest BCUT2D eigenvalue weighted by Crippen LogP contribution is -2.34. The average molecular weight is 245 g/mol. The van der Waals surface area contributed by atoms with E-state index in [1.807, 2.05) is 13.8 Å². The van der Waals surface area contributed by atoms with Crippen LogP contribution < -0.4 is 27.4 Å². The minimum atomic E-state index is 0.296. The van der Waals surface area contributed by atoms with Gasteiger partial charge in [0.25, 0.3) is 0 Å². The van der Waals surface area contributed by atoms with Crippen molar-refractivity contribution in [2.75, 3.05) is 39.3 Å². The van der Waals surface area contributed by atoms with E-state index in [2.05, 4.69) is 16.0 Å². The second-order valence-electron chi connectivity index (χ2n) is 4.78. The molecule has 2 atom stereocenters. The summed E-state index contributed by atoms with van der Waals surface area (Å²) in [6, 6.07) is 0.592. The highest BCUT2D eigenvalue weighted by molar-refractivity contribution is 4.59. The van der Waals surface area contributed by atoms with E-state index in [4.69, 9.17) is 11.5 Å². The highest BCUT2D eigenvalue weighted by Gasteiger charge is 1.94. The van der Waals surface area contributed by atoms with Gasteiger partial charge in [-0.15, -0.1) is 0 Å². The molecule has 0 rings (SSSR count). The number of hydrogen-bond acceptors (Lipinski definition) is 5. The molecule has 0 aromatic heterocycles. The highest BCUT2D eigenvalue weighted by Crippen LogP contribution is 1.82. The van der Waals surface area contributed by atoms with E-state index < -0.39 is 0 Å². The summed E-state index contributed by atoms with van der Waals surface area (Å²) in [5.41, 5.74) is 11.3. The summed E-state index contributed by atoms with van der Waals surface area (Å²) in [7, 11) is 0. The van der Waals surface area contributed by atoms with E-state index in [0.717, 1.165) is 52.1 Å². The Kier molecular flexibility index (Phi) is 12.1. The van der Waals surface area contributed by atoms with E-state index >= 15 is 0 Å². The molecule has 0 aromatic carbocycles. The lowest BCUT2D eigenvalue weighted by molar-refractivity contribution is 0.543. The molecule has 7 N–H and O–H groups in total. The van der Waals surface area contributed by atoms with Crippen molar-refractivity contribution in [3.8, 4) is 0 Å². The van der Waals surface area contributed by atoms with Crippen molar-refractivity contribution in [1.82, 2.24) is 16.0 Å². The molecule has 0 saturated carbocycles. The second-order valence-corrected chi connectivity index (χ2v) is 4.78. The van der Waals surface area contributed by atoms with Gasteiger partial charge in [0.1, 0.15) is 0 Å². The van der Waals surface area contributed by atoms with Gasteiger partial charge in [-0.25, -0.2) is 0 Å². The largest absolute Gasteiger partial charge is 0.328 e.